The zero-order chi connectivity index (χ0) is 23.4. The smallest absolute Gasteiger partial charge is 0.269 e. The van der Waals surface area contributed by atoms with Gasteiger partial charge >= 0.3 is 0 Å². The Bertz CT molecular complexity index is 923. The molecule has 1 aliphatic rings. The minimum atomic E-state index is -3.87. The molecule has 10 heteroatoms. The van der Waals surface area contributed by atoms with Crippen LogP contribution in [0.4, 0.5) is 5.69 Å². The third-order valence-electron chi connectivity index (χ3n) is 5.88. The molecule has 0 aliphatic carbocycles. The quantitative estimate of drug-likeness (QED) is 0.250. The summed E-state index contributed by atoms with van der Waals surface area (Å²) in [5.74, 6) is 0. The van der Waals surface area contributed by atoms with E-state index in [9.17, 15) is 18.5 Å². The molecule has 1 aliphatic heterocycles. The van der Waals surface area contributed by atoms with Crippen LogP contribution in [0.5, 0.6) is 0 Å². The minimum absolute atomic E-state index is 0.0239. The summed E-state index contributed by atoms with van der Waals surface area (Å²) in [5, 5.41) is 12.6. The van der Waals surface area contributed by atoms with Crippen molar-refractivity contribution >= 4 is 24.0 Å². The van der Waals surface area contributed by atoms with E-state index in [0.717, 1.165) is 0 Å². The second-order valence-electron chi connectivity index (χ2n) is 9.21. The van der Waals surface area contributed by atoms with Crippen LogP contribution in [-0.2, 0) is 14.4 Å². The highest BCUT2D eigenvalue weighted by Crippen LogP contribution is 2.38. The SMILES string of the molecule is C=C[C@H](C[C@@H]1C=CCCN1NS(=O)(=O)c1ccc([N+](=O)[O-])cc1)O[Si](C)(C)C(C)(C)C. The molecule has 2 atom stereocenters. The van der Waals surface area contributed by atoms with Crippen LogP contribution >= 0.6 is 0 Å². The van der Waals surface area contributed by atoms with Gasteiger partial charge in [0.25, 0.3) is 15.7 Å². The van der Waals surface area contributed by atoms with Gasteiger partial charge in [-0.2, -0.15) is 0 Å². The van der Waals surface area contributed by atoms with Crippen LogP contribution in [0.2, 0.25) is 18.1 Å². The summed E-state index contributed by atoms with van der Waals surface area (Å²) in [5.41, 5.74) is -0.158. The molecule has 0 radical (unpaired) electrons. The summed E-state index contributed by atoms with van der Waals surface area (Å²) in [4.78, 5) is 12.9. The summed E-state index contributed by atoms with van der Waals surface area (Å²) in [6.45, 7) is 15.3. The number of rotatable bonds is 9. The standard InChI is InChI=1S/C21H33N3O5SSi/c1-7-19(29-31(5,6)21(2,3)4)16-18-10-8-9-15-23(18)22-30(27,28)20-13-11-17(12-14-20)24(25)26/h7-8,10-14,18-19,22H,1,9,15-16H2,2-6H3/t18-,19+/m0/s1. The Morgan fingerprint density at radius 1 is 1.35 bits per heavy atom. The van der Waals surface area contributed by atoms with Crippen molar-refractivity contribution in [1.29, 1.82) is 0 Å². The third-order valence-corrected chi connectivity index (χ3v) is 11.8. The summed E-state index contributed by atoms with van der Waals surface area (Å²) in [6.07, 6.45) is 6.86. The fraction of sp³-hybridized carbons (Fsp3) is 0.524. The van der Waals surface area contributed by atoms with Crippen LogP contribution in [0, 0.1) is 10.1 Å². The van der Waals surface area contributed by atoms with Gasteiger partial charge < -0.3 is 4.43 Å². The third kappa shape index (κ3) is 6.56. The van der Waals surface area contributed by atoms with Gasteiger partial charge in [-0.05, 0) is 43.1 Å². The van der Waals surface area contributed by atoms with E-state index in [1.807, 2.05) is 12.2 Å². The van der Waals surface area contributed by atoms with Gasteiger partial charge in [0.15, 0.2) is 8.32 Å². The average molecular weight is 468 g/mol. The molecule has 1 N–H and O–H groups in total. The molecule has 0 aromatic heterocycles. The van der Waals surface area contributed by atoms with E-state index in [4.69, 9.17) is 4.43 Å². The van der Waals surface area contributed by atoms with Crippen LogP contribution < -0.4 is 4.83 Å². The summed E-state index contributed by atoms with van der Waals surface area (Å²) < 4.78 is 32.2. The second kappa shape index (κ2) is 9.74. The van der Waals surface area contributed by atoms with Crippen molar-refractivity contribution in [2.75, 3.05) is 6.54 Å². The van der Waals surface area contributed by atoms with Crippen molar-refractivity contribution in [2.24, 2.45) is 0 Å². The molecule has 172 valence electrons. The highest BCUT2D eigenvalue weighted by molar-refractivity contribution is 7.89. The first-order valence-electron chi connectivity index (χ1n) is 10.3. The molecular weight excluding hydrogens is 434 g/mol. The topological polar surface area (TPSA) is 102 Å². The lowest BCUT2D eigenvalue weighted by atomic mass is 10.1. The Kier molecular flexibility index (Phi) is 7.98. The molecule has 0 bridgehead atoms. The number of hydrogen-bond acceptors (Lipinski definition) is 6. The summed E-state index contributed by atoms with van der Waals surface area (Å²) in [6, 6.07) is 4.64. The van der Waals surface area contributed by atoms with Crippen molar-refractivity contribution in [2.45, 2.75) is 68.8 Å². The zero-order valence-corrected chi connectivity index (χ0v) is 20.7. The number of nitrogens with one attached hydrogen (secondary N) is 1. The number of hydrazine groups is 1. The van der Waals surface area contributed by atoms with Gasteiger partial charge in [0, 0.05) is 24.7 Å². The molecule has 2 rings (SSSR count). The van der Waals surface area contributed by atoms with E-state index in [-0.39, 0.29) is 27.8 Å². The van der Waals surface area contributed by atoms with E-state index in [0.29, 0.717) is 19.4 Å². The van der Waals surface area contributed by atoms with Gasteiger partial charge in [0.05, 0.1) is 15.9 Å². The van der Waals surface area contributed by atoms with Gasteiger partial charge in [-0.25, -0.2) is 13.4 Å². The van der Waals surface area contributed by atoms with Gasteiger partial charge in [-0.3, -0.25) is 10.1 Å². The zero-order valence-electron chi connectivity index (χ0n) is 18.9. The van der Waals surface area contributed by atoms with Crippen molar-refractivity contribution in [3.8, 4) is 0 Å². The summed E-state index contributed by atoms with van der Waals surface area (Å²) >= 11 is 0. The number of nitro benzene ring substituents is 1. The molecule has 0 spiro atoms. The maximum atomic E-state index is 12.9. The predicted molar refractivity (Wildman–Crippen MR) is 125 cm³/mol. The molecule has 0 unspecified atom stereocenters. The van der Waals surface area contributed by atoms with E-state index in [1.165, 1.54) is 24.3 Å². The van der Waals surface area contributed by atoms with Gasteiger partial charge in [-0.15, -0.1) is 11.4 Å². The van der Waals surface area contributed by atoms with E-state index in [2.05, 4.69) is 45.3 Å². The van der Waals surface area contributed by atoms with Gasteiger partial charge in [-0.1, -0.05) is 39.0 Å². The first-order valence-corrected chi connectivity index (χ1v) is 14.7. The molecule has 0 amide bonds. The van der Waals surface area contributed by atoms with Crippen molar-refractivity contribution in [3.05, 3.63) is 59.2 Å². The predicted octanol–water partition coefficient (Wildman–Crippen LogP) is 4.39. The van der Waals surface area contributed by atoms with E-state index >= 15 is 0 Å². The molecule has 1 aromatic rings. The Hall–Kier alpha value is -1.85. The van der Waals surface area contributed by atoms with Crippen LogP contribution in [-0.4, -0.2) is 45.4 Å². The maximum Gasteiger partial charge on any atom is 0.269 e. The molecule has 1 aromatic carbocycles. The lowest BCUT2D eigenvalue weighted by Crippen LogP contribution is -2.51. The molecule has 0 saturated heterocycles. The van der Waals surface area contributed by atoms with Crippen LogP contribution in [0.1, 0.15) is 33.6 Å². The molecule has 8 nitrogen and oxygen atoms in total. The van der Waals surface area contributed by atoms with Crippen LogP contribution in [0.15, 0.2) is 54.0 Å². The molecule has 31 heavy (non-hydrogen) atoms. The molecular formula is C21H33N3O5SSi. The highest BCUT2D eigenvalue weighted by atomic mass is 32.2. The molecule has 0 fully saturated rings. The number of hydrogen-bond donors (Lipinski definition) is 1. The van der Waals surface area contributed by atoms with Crippen molar-refractivity contribution in [3.63, 3.8) is 0 Å². The Morgan fingerprint density at radius 3 is 2.48 bits per heavy atom. The van der Waals surface area contributed by atoms with Gasteiger partial charge in [0.2, 0.25) is 0 Å². The van der Waals surface area contributed by atoms with Gasteiger partial charge in [0.1, 0.15) is 0 Å². The minimum Gasteiger partial charge on any atom is -0.410 e. The van der Waals surface area contributed by atoms with Crippen molar-refractivity contribution < 1.29 is 17.8 Å². The summed E-state index contributed by atoms with van der Waals surface area (Å²) in [7, 11) is -5.89. The lowest BCUT2D eigenvalue weighted by molar-refractivity contribution is -0.384. The number of sulfonamides is 1. The van der Waals surface area contributed by atoms with Crippen LogP contribution in [0.3, 0.4) is 0 Å². The highest BCUT2D eigenvalue weighted by Gasteiger charge is 2.39. The normalized spacial score (nSPS) is 19.2. The molecule has 0 saturated carbocycles. The second-order valence-corrected chi connectivity index (χ2v) is 15.6. The van der Waals surface area contributed by atoms with E-state index < -0.39 is 23.3 Å². The first-order chi connectivity index (χ1) is 14.3. The first kappa shape index (κ1) is 25.4. The van der Waals surface area contributed by atoms with Crippen LogP contribution in [0.25, 0.3) is 0 Å². The van der Waals surface area contributed by atoms with E-state index in [1.54, 1.807) is 11.1 Å². The van der Waals surface area contributed by atoms with Crippen molar-refractivity contribution in [1.82, 2.24) is 9.84 Å². The average Bonchev–Trinajstić information content (AvgIpc) is 2.67. The molecule has 1 heterocycles. The number of non-ortho nitro benzene ring substituents is 1. The number of benzene rings is 1. The number of nitro groups is 1. The Morgan fingerprint density at radius 2 is 1.97 bits per heavy atom. The largest absolute Gasteiger partial charge is 0.410 e. The lowest BCUT2D eigenvalue weighted by Gasteiger charge is -2.40. The maximum absolute atomic E-state index is 12.9. The Labute approximate surface area is 186 Å². The Balaban J connectivity index is 2.15. The fourth-order valence-corrected chi connectivity index (χ4v) is 5.43. The fourth-order valence-electron chi connectivity index (χ4n) is 3.00. The monoisotopic (exact) mass is 467 g/mol. The number of nitrogens with zero attached hydrogens (tertiary/aromatic N) is 2.